The molecule has 0 aromatic heterocycles. The van der Waals surface area contributed by atoms with Crippen LogP contribution in [0.1, 0.15) is 72.1 Å². The predicted molar refractivity (Wildman–Crippen MR) is 90.9 cm³/mol. The maximum absolute atomic E-state index is 12.5. The molecule has 0 N–H and O–H groups in total. The van der Waals surface area contributed by atoms with Gasteiger partial charge in [0.25, 0.3) is 0 Å². The molecule has 0 aliphatic heterocycles. The van der Waals surface area contributed by atoms with Crippen LogP contribution in [-0.4, -0.2) is 25.2 Å². The highest BCUT2D eigenvalue weighted by Crippen LogP contribution is 2.51. The highest BCUT2D eigenvalue weighted by atomic mass is 16.5. The standard InChI is InChI=1S/C19H31NO4/c1-4-7-8-11-19(14-20)12-9-10-16(19)15(18(22)24-6-3)13-17(21)23-5-2/h15-16H,4-13H2,1-3H3. The van der Waals surface area contributed by atoms with Gasteiger partial charge in [-0.3, -0.25) is 9.59 Å². The lowest BCUT2D eigenvalue weighted by Gasteiger charge is -2.33. The summed E-state index contributed by atoms with van der Waals surface area (Å²) in [5.74, 6) is -1.45. The van der Waals surface area contributed by atoms with Crippen LogP contribution in [0.25, 0.3) is 0 Å². The van der Waals surface area contributed by atoms with Crippen LogP contribution in [-0.2, 0) is 19.1 Å². The van der Waals surface area contributed by atoms with E-state index in [1.54, 1.807) is 13.8 Å². The van der Waals surface area contributed by atoms with Crippen molar-refractivity contribution in [3.63, 3.8) is 0 Å². The van der Waals surface area contributed by atoms with E-state index in [4.69, 9.17) is 9.47 Å². The summed E-state index contributed by atoms with van der Waals surface area (Å²) in [6, 6.07) is 2.51. The molecule has 0 aromatic rings. The lowest BCUT2D eigenvalue weighted by molar-refractivity contribution is -0.158. The van der Waals surface area contributed by atoms with Gasteiger partial charge in [-0.25, -0.2) is 0 Å². The van der Waals surface area contributed by atoms with Crippen molar-refractivity contribution in [2.75, 3.05) is 13.2 Å². The van der Waals surface area contributed by atoms with Gasteiger partial charge in [-0.05, 0) is 39.0 Å². The van der Waals surface area contributed by atoms with E-state index in [-0.39, 0.29) is 30.9 Å². The van der Waals surface area contributed by atoms with Gasteiger partial charge >= 0.3 is 11.9 Å². The molecule has 5 nitrogen and oxygen atoms in total. The first-order valence-corrected chi connectivity index (χ1v) is 9.28. The van der Waals surface area contributed by atoms with Crippen molar-refractivity contribution in [1.82, 2.24) is 0 Å². The number of carbonyl (C=O) groups excluding carboxylic acids is 2. The van der Waals surface area contributed by atoms with Crippen LogP contribution in [0.4, 0.5) is 0 Å². The molecule has 24 heavy (non-hydrogen) atoms. The first kappa shape index (κ1) is 20.5. The molecule has 1 aliphatic carbocycles. The van der Waals surface area contributed by atoms with Crippen LogP contribution in [0.3, 0.4) is 0 Å². The van der Waals surface area contributed by atoms with Crippen molar-refractivity contribution in [1.29, 1.82) is 5.26 Å². The van der Waals surface area contributed by atoms with E-state index in [0.717, 1.165) is 44.9 Å². The third-order valence-electron chi connectivity index (χ3n) is 5.06. The average Bonchev–Trinajstić information content (AvgIpc) is 2.97. The van der Waals surface area contributed by atoms with E-state index in [2.05, 4.69) is 13.0 Å². The minimum atomic E-state index is -0.576. The monoisotopic (exact) mass is 337 g/mol. The number of hydrogen-bond acceptors (Lipinski definition) is 5. The van der Waals surface area contributed by atoms with Crippen LogP contribution in [0.15, 0.2) is 0 Å². The van der Waals surface area contributed by atoms with Gasteiger partial charge in [0.2, 0.25) is 0 Å². The van der Waals surface area contributed by atoms with E-state index < -0.39 is 11.3 Å². The Morgan fingerprint density at radius 2 is 1.92 bits per heavy atom. The second-order valence-electron chi connectivity index (χ2n) is 6.59. The fourth-order valence-corrected chi connectivity index (χ4v) is 3.92. The summed E-state index contributed by atoms with van der Waals surface area (Å²) in [6.07, 6.45) is 6.47. The van der Waals surface area contributed by atoms with Gasteiger partial charge in [-0.15, -0.1) is 0 Å². The maximum atomic E-state index is 12.5. The van der Waals surface area contributed by atoms with Gasteiger partial charge in [0.1, 0.15) is 0 Å². The number of esters is 2. The Morgan fingerprint density at radius 1 is 1.21 bits per heavy atom. The molecule has 0 bridgehead atoms. The molecular weight excluding hydrogens is 306 g/mol. The normalized spacial score (nSPS) is 24.2. The van der Waals surface area contributed by atoms with E-state index in [0.29, 0.717) is 6.61 Å². The largest absolute Gasteiger partial charge is 0.466 e. The molecule has 0 heterocycles. The fourth-order valence-electron chi connectivity index (χ4n) is 3.92. The molecule has 1 fully saturated rings. The molecular formula is C19H31NO4. The molecule has 1 aliphatic rings. The number of unbranched alkanes of at least 4 members (excludes halogenated alkanes) is 2. The third kappa shape index (κ3) is 5.22. The fraction of sp³-hybridized carbons (Fsp3) is 0.842. The third-order valence-corrected chi connectivity index (χ3v) is 5.06. The molecule has 5 heteroatoms. The van der Waals surface area contributed by atoms with E-state index in [9.17, 15) is 14.9 Å². The topological polar surface area (TPSA) is 76.4 Å². The van der Waals surface area contributed by atoms with Crippen LogP contribution in [0.5, 0.6) is 0 Å². The highest BCUT2D eigenvalue weighted by molar-refractivity contribution is 5.80. The van der Waals surface area contributed by atoms with E-state index in [1.165, 1.54) is 0 Å². The zero-order valence-electron chi connectivity index (χ0n) is 15.3. The molecule has 0 amide bonds. The number of nitriles is 1. The molecule has 1 saturated carbocycles. The molecule has 0 spiro atoms. The number of hydrogen-bond donors (Lipinski definition) is 0. The molecule has 0 radical (unpaired) electrons. The van der Waals surface area contributed by atoms with Crippen LogP contribution in [0, 0.1) is 28.6 Å². The van der Waals surface area contributed by atoms with Crippen LogP contribution < -0.4 is 0 Å². The van der Waals surface area contributed by atoms with Gasteiger partial charge in [0, 0.05) is 0 Å². The summed E-state index contributed by atoms with van der Waals surface area (Å²) in [7, 11) is 0. The van der Waals surface area contributed by atoms with Gasteiger partial charge in [-0.2, -0.15) is 5.26 Å². The number of rotatable bonds is 10. The highest BCUT2D eigenvalue weighted by Gasteiger charge is 2.49. The predicted octanol–water partition coefficient (Wildman–Crippen LogP) is 4.01. The second-order valence-corrected chi connectivity index (χ2v) is 6.59. The van der Waals surface area contributed by atoms with Gasteiger partial charge < -0.3 is 9.47 Å². The molecule has 0 saturated heterocycles. The van der Waals surface area contributed by atoms with E-state index >= 15 is 0 Å². The Hall–Kier alpha value is -1.57. The zero-order chi connectivity index (χ0) is 18.0. The number of nitrogens with zero attached hydrogens (tertiary/aromatic N) is 1. The molecule has 3 unspecified atom stereocenters. The quantitative estimate of drug-likeness (QED) is 0.445. The van der Waals surface area contributed by atoms with Gasteiger partial charge in [-0.1, -0.05) is 32.6 Å². The lowest BCUT2D eigenvalue weighted by Crippen LogP contribution is -2.36. The second kappa shape index (κ2) is 10.3. The summed E-state index contributed by atoms with van der Waals surface area (Å²) < 4.78 is 10.2. The van der Waals surface area contributed by atoms with Crippen molar-refractivity contribution < 1.29 is 19.1 Å². The summed E-state index contributed by atoms with van der Waals surface area (Å²) in [5.41, 5.74) is -0.515. The first-order chi connectivity index (χ1) is 11.5. The lowest BCUT2D eigenvalue weighted by atomic mass is 9.68. The SMILES string of the molecule is CCCCCC1(C#N)CCCC1C(CC(=O)OCC)C(=O)OCC. The molecule has 3 atom stereocenters. The molecule has 0 aromatic carbocycles. The summed E-state index contributed by atoms with van der Waals surface area (Å²) in [4.78, 5) is 24.4. The average molecular weight is 337 g/mol. The zero-order valence-corrected chi connectivity index (χ0v) is 15.3. The Labute approximate surface area is 145 Å². The summed E-state index contributed by atoms with van der Waals surface area (Å²) >= 11 is 0. The Morgan fingerprint density at radius 3 is 2.50 bits per heavy atom. The number of carbonyl (C=O) groups is 2. The van der Waals surface area contributed by atoms with Crippen molar-refractivity contribution in [3.8, 4) is 6.07 Å². The van der Waals surface area contributed by atoms with Crippen molar-refractivity contribution in [3.05, 3.63) is 0 Å². The number of ether oxygens (including phenoxy) is 2. The van der Waals surface area contributed by atoms with Crippen molar-refractivity contribution >= 4 is 11.9 Å². The molecule has 1 rings (SSSR count). The van der Waals surface area contributed by atoms with E-state index in [1.807, 2.05) is 0 Å². The minimum Gasteiger partial charge on any atom is -0.466 e. The first-order valence-electron chi connectivity index (χ1n) is 9.28. The maximum Gasteiger partial charge on any atom is 0.309 e. The van der Waals surface area contributed by atoms with Crippen molar-refractivity contribution in [2.45, 2.75) is 72.1 Å². The smallest absolute Gasteiger partial charge is 0.309 e. The Kier molecular flexibility index (Phi) is 8.81. The Bertz CT molecular complexity index is 457. The van der Waals surface area contributed by atoms with Crippen LogP contribution >= 0.6 is 0 Å². The Balaban J connectivity index is 2.97. The molecule has 136 valence electrons. The van der Waals surface area contributed by atoms with Crippen molar-refractivity contribution in [2.24, 2.45) is 17.3 Å². The van der Waals surface area contributed by atoms with Crippen LogP contribution in [0.2, 0.25) is 0 Å². The van der Waals surface area contributed by atoms with Gasteiger partial charge in [0.05, 0.1) is 37.0 Å². The minimum absolute atomic E-state index is 0.00848. The van der Waals surface area contributed by atoms with Gasteiger partial charge in [0.15, 0.2) is 0 Å². The summed E-state index contributed by atoms with van der Waals surface area (Å²) in [6.45, 7) is 6.20. The summed E-state index contributed by atoms with van der Waals surface area (Å²) in [5, 5.41) is 9.87.